The zero-order chi connectivity index (χ0) is 23.1. The van der Waals surface area contributed by atoms with Crippen molar-refractivity contribution >= 4 is 16.8 Å². The lowest BCUT2D eigenvalue weighted by molar-refractivity contribution is 0.0783. The summed E-state index contributed by atoms with van der Waals surface area (Å²) in [7, 11) is 4.11. The Hall–Kier alpha value is -3.58. The Balaban J connectivity index is 1.48. The minimum Gasteiger partial charge on any atom is -0.337 e. The van der Waals surface area contributed by atoms with Gasteiger partial charge in [0.1, 0.15) is 5.82 Å². The molecule has 1 fully saturated rings. The molecule has 1 amide bonds. The molecule has 1 unspecified atom stereocenters. The highest BCUT2D eigenvalue weighted by Crippen LogP contribution is 2.27. The van der Waals surface area contributed by atoms with Gasteiger partial charge in [-0.15, -0.1) is 0 Å². The molecule has 168 valence electrons. The third kappa shape index (κ3) is 3.89. The first kappa shape index (κ1) is 21.3. The number of carbonyl (C=O) groups is 1. The second-order valence-electron chi connectivity index (χ2n) is 8.82. The quantitative estimate of drug-likeness (QED) is 0.472. The maximum atomic E-state index is 14.1. The molecule has 0 aliphatic carbocycles. The standard InChI is InChI=1S/C26H26FN5O/c1-17-15-32(26-28-13-19(14-29-26)22-6-4-5-7-23(22)27)24-12-18(8-9-21(17)24)25(33)31-11-10-20(16-31)30(2)3/h4-9,12-15,20H,10-11,16H2,1-3H3. The number of carbonyl (C=O) groups excluding carboxylic acids is 1. The van der Waals surface area contributed by atoms with Crippen molar-refractivity contribution in [3.05, 3.63) is 78.0 Å². The van der Waals surface area contributed by atoms with Gasteiger partial charge >= 0.3 is 0 Å². The van der Waals surface area contributed by atoms with E-state index in [4.69, 9.17) is 0 Å². The topological polar surface area (TPSA) is 54.3 Å². The van der Waals surface area contributed by atoms with E-state index < -0.39 is 0 Å². The summed E-state index contributed by atoms with van der Waals surface area (Å²) in [6, 6.07) is 12.8. The van der Waals surface area contributed by atoms with Gasteiger partial charge in [-0.05, 0) is 51.2 Å². The summed E-state index contributed by atoms with van der Waals surface area (Å²) >= 11 is 0. The molecule has 3 heterocycles. The molecule has 0 radical (unpaired) electrons. The third-order valence-electron chi connectivity index (χ3n) is 6.47. The molecule has 1 atom stereocenters. The number of nitrogens with zero attached hydrogens (tertiary/aromatic N) is 5. The van der Waals surface area contributed by atoms with Crippen molar-refractivity contribution in [2.24, 2.45) is 0 Å². The number of amides is 1. The van der Waals surface area contributed by atoms with E-state index in [0.29, 0.717) is 28.7 Å². The van der Waals surface area contributed by atoms with Crippen molar-refractivity contribution in [3.63, 3.8) is 0 Å². The molecule has 1 aliphatic rings. The molecular weight excluding hydrogens is 417 g/mol. The van der Waals surface area contributed by atoms with Gasteiger partial charge in [-0.2, -0.15) is 0 Å². The minimum absolute atomic E-state index is 0.0440. The van der Waals surface area contributed by atoms with Crippen molar-refractivity contribution in [1.29, 1.82) is 0 Å². The van der Waals surface area contributed by atoms with E-state index in [0.717, 1.165) is 36.0 Å². The monoisotopic (exact) mass is 443 g/mol. The van der Waals surface area contributed by atoms with Gasteiger partial charge in [0, 0.05) is 59.8 Å². The van der Waals surface area contributed by atoms with Gasteiger partial charge < -0.3 is 9.80 Å². The highest BCUT2D eigenvalue weighted by Gasteiger charge is 2.28. The van der Waals surface area contributed by atoms with E-state index in [1.807, 2.05) is 40.8 Å². The molecule has 5 rings (SSSR count). The van der Waals surface area contributed by atoms with Crippen LogP contribution in [-0.2, 0) is 0 Å². The summed E-state index contributed by atoms with van der Waals surface area (Å²) in [6.07, 6.45) is 6.21. The lowest BCUT2D eigenvalue weighted by atomic mass is 10.1. The van der Waals surface area contributed by atoms with Crippen LogP contribution in [0.25, 0.3) is 28.0 Å². The summed E-state index contributed by atoms with van der Waals surface area (Å²) < 4.78 is 16.0. The molecule has 0 bridgehead atoms. The highest BCUT2D eigenvalue weighted by atomic mass is 19.1. The van der Waals surface area contributed by atoms with Crippen LogP contribution in [-0.4, -0.2) is 63.5 Å². The second kappa shape index (κ2) is 8.41. The molecular formula is C26H26FN5O. The molecule has 2 aromatic heterocycles. The van der Waals surface area contributed by atoms with E-state index in [-0.39, 0.29) is 11.7 Å². The number of halogens is 1. The second-order valence-corrected chi connectivity index (χ2v) is 8.82. The Morgan fingerprint density at radius 1 is 1.12 bits per heavy atom. The van der Waals surface area contributed by atoms with Gasteiger partial charge in [0.25, 0.3) is 5.91 Å². The van der Waals surface area contributed by atoms with E-state index >= 15 is 0 Å². The Kier molecular flexibility index (Phi) is 5.42. The number of hydrogen-bond acceptors (Lipinski definition) is 4. The van der Waals surface area contributed by atoms with Crippen LogP contribution in [0.15, 0.2) is 61.1 Å². The number of hydrogen-bond donors (Lipinski definition) is 0. The van der Waals surface area contributed by atoms with Crippen LogP contribution in [0.1, 0.15) is 22.3 Å². The molecule has 0 spiro atoms. The van der Waals surface area contributed by atoms with Crippen LogP contribution in [0.4, 0.5) is 4.39 Å². The summed E-state index contributed by atoms with van der Waals surface area (Å²) in [6.45, 7) is 3.53. The first-order valence-electron chi connectivity index (χ1n) is 11.1. The fourth-order valence-electron chi connectivity index (χ4n) is 4.51. The minimum atomic E-state index is -0.308. The Morgan fingerprint density at radius 2 is 1.88 bits per heavy atom. The predicted molar refractivity (Wildman–Crippen MR) is 127 cm³/mol. The van der Waals surface area contributed by atoms with Gasteiger partial charge in [-0.25, -0.2) is 14.4 Å². The maximum Gasteiger partial charge on any atom is 0.253 e. The number of likely N-dealkylation sites (tertiary alicyclic amines) is 1. The van der Waals surface area contributed by atoms with E-state index in [1.54, 1.807) is 30.6 Å². The predicted octanol–water partition coefficient (Wildman–Crippen LogP) is 4.31. The summed E-state index contributed by atoms with van der Waals surface area (Å²) in [5.74, 6) is 0.215. The van der Waals surface area contributed by atoms with Crippen molar-refractivity contribution in [1.82, 2.24) is 24.3 Å². The molecule has 4 aromatic rings. The fraction of sp³-hybridized carbons (Fsp3) is 0.269. The Bertz CT molecular complexity index is 1330. The van der Waals surface area contributed by atoms with Crippen LogP contribution in [0.2, 0.25) is 0 Å². The number of benzene rings is 2. The Morgan fingerprint density at radius 3 is 2.58 bits per heavy atom. The summed E-state index contributed by atoms with van der Waals surface area (Å²) in [4.78, 5) is 26.3. The van der Waals surface area contributed by atoms with Gasteiger partial charge in [-0.3, -0.25) is 9.36 Å². The lowest BCUT2D eigenvalue weighted by Crippen LogP contribution is -2.34. The smallest absolute Gasteiger partial charge is 0.253 e. The van der Waals surface area contributed by atoms with Crippen molar-refractivity contribution in [3.8, 4) is 17.1 Å². The third-order valence-corrected chi connectivity index (χ3v) is 6.47. The van der Waals surface area contributed by atoms with Crippen LogP contribution >= 0.6 is 0 Å². The number of aryl methyl sites for hydroxylation is 1. The van der Waals surface area contributed by atoms with E-state index in [9.17, 15) is 9.18 Å². The van der Waals surface area contributed by atoms with Crippen LogP contribution in [0.5, 0.6) is 0 Å². The first-order chi connectivity index (χ1) is 15.9. The van der Waals surface area contributed by atoms with Gasteiger partial charge in [-0.1, -0.05) is 24.3 Å². The molecule has 2 aromatic carbocycles. The van der Waals surface area contributed by atoms with Crippen molar-refractivity contribution in [2.45, 2.75) is 19.4 Å². The van der Waals surface area contributed by atoms with Gasteiger partial charge in [0.05, 0.1) is 5.52 Å². The average Bonchev–Trinajstić information content (AvgIpc) is 3.44. The van der Waals surface area contributed by atoms with E-state index in [1.165, 1.54) is 6.07 Å². The molecule has 1 saturated heterocycles. The average molecular weight is 444 g/mol. The zero-order valence-corrected chi connectivity index (χ0v) is 19.0. The zero-order valence-electron chi connectivity index (χ0n) is 19.0. The van der Waals surface area contributed by atoms with Crippen LogP contribution in [0, 0.1) is 12.7 Å². The van der Waals surface area contributed by atoms with Crippen LogP contribution < -0.4 is 0 Å². The molecule has 0 N–H and O–H groups in total. The van der Waals surface area contributed by atoms with Crippen molar-refractivity contribution < 1.29 is 9.18 Å². The molecule has 7 heteroatoms. The molecule has 0 saturated carbocycles. The number of fused-ring (bicyclic) bond motifs is 1. The van der Waals surface area contributed by atoms with Crippen LogP contribution in [0.3, 0.4) is 0 Å². The molecule has 33 heavy (non-hydrogen) atoms. The van der Waals surface area contributed by atoms with Crippen molar-refractivity contribution in [2.75, 3.05) is 27.2 Å². The summed E-state index contributed by atoms with van der Waals surface area (Å²) in [5, 5.41) is 1.04. The number of rotatable bonds is 4. The number of likely N-dealkylation sites (N-methyl/N-ethyl adjacent to an activating group) is 1. The van der Waals surface area contributed by atoms with E-state index in [2.05, 4.69) is 29.0 Å². The SMILES string of the molecule is Cc1cn(-c2ncc(-c3ccccc3F)cn2)c2cc(C(=O)N3CCC(N(C)C)C3)ccc12. The number of aromatic nitrogens is 3. The highest BCUT2D eigenvalue weighted by molar-refractivity contribution is 5.99. The lowest BCUT2D eigenvalue weighted by Gasteiger charge is -2.20. The van der Waals surface area contributed by atoms with Gasteiger partial charge in [0.15, 0.2) is 0 Å². The fourth-order valence-corrected chi connectivity index (χ4v) is 4.51. The molecule has 1 aliphatic heterocycles. The maximum absolute atomic E-state index is 14.1. The van der Waals surface area contributed by atoms with Gasteiger partial charge in [0.2, 0.25) is 5.95 Å². The Labute approximate surface area is 192 Å². The largest absolute Gasteiger partial charge is 0.337 e. The summed E-state index contributed by atoms with van der Waals surface area (Å²) in [5.41, 5.74) is 3.68. The first-order valence-corrected chi connectivity index (χ1v) is 11.1. The normalized spacial score (nSPS) is 16.2. The molecule has 6 nitrogen and oxygen atoms in total.